The Bertz CT molecular complexity index is 302. The number of fused-ring (bicyclic) bond motifs is 1. The van der Waals surface area contributed by atoms with Crippen LogP contribution in [-0.2, 0) is 12.8 Å². The molecule has 2 rings (SSSR count). The molecule has 1 heterocycles. The largest absolute Gasteiger partial charge is 0.257 e. The third-order valence-electron chi connectivity index (χ3n) is 2.46. The molecule has 0 fully saturated rings. The van der Waals surface area contributed by atoms with E-state index in [4.69, 9.17) is 0 Å². The molecule has 1 aromatic heterocycles. The topological polar surface area (TPSA) is 12.9 Å². The smallest absolute Gasteiger partial charge is 0.0626 e. The number of aromatic nitrogens is 1. The molecule has 1 nitrogen and oxygen atoms in total. The maximum absolute atomic E-state index is 4.29. The van der Waals surface area contributed by atoms with Crippen LogP contribution >= 0.6 is 0 Å². The summed E-state index contributed by atoms with van der Waals surface area (Å²) < 4.78 is 0. The molecule has 1 aromatic rings. The quantitative estimate of drug-likeness (QED) is 0.613. The molecule has 0 saturated carbocycles. The summed E-state index contributed by atoms with van der Waals surface area (Å²) in [5.74, 6) is 0. The second-order valence-corrected chi connectivity index (χ2v) is 3.29. The van der Waals surface area contributed by atoms with Gasteiger partial charge in [-0.15, -0.1) is 0 Å². The lowest BCUT2D eigenvalue weighted by atomic mass is 9.93. The zero-order chi connectivity index (χ0) is 8.39. The summed E-state index contributed by atoms with van der Waals surface area (Å²) >= 11 is 0. The van der Waals surface area contributed by atoms with Gasteiger partial charge in [0.25, 0.3) is 0 Å². The monoisotopic (exact) mass is 159 g/mol. The molecule has 0 amide bonds. The first-order chi connectivity index (χ1) is 5.90. The van der Waals surface area contributed by atoms with E-state index in [1.807, 2.05) is 12.3 Å². The van der Waals surface area contributed by atoms with Crippen molar-refractivity contribution in [3.8, 4) is 0 Å². The fourth-order valence-corrected chi connectivity index (χ4v) is 1.74. The summed E-state index contributed by atoms with van der Waals surface area (Å²) in [5.41, 5.74) is 3.92. The molecule has 0 spiro atoms. The lowest BCUT2D eigenvalue weighted by Gasteiger charge is -2.14. The molecule has 1 aliphatic rings. The number of hydrogen-bond donors (Lipinski definition) is 0. The van der Waals surface area contributed by atoms with Crippen LogP contribution in [0.2, 0.25) is 0 Å². The van der Waals surface area contributed by atoms with E-state index in [0.29, 0.717) is 0 Å². The van der Waals surface area contributed by atoms with Crippen molar-refractivity contribution in [1.29, 1.82) is 0 Å². The van der Waals surface area contributed by atoms with E-state index in [2.05, 4.69) is 17.6 Å². The first-order valence-electron chi connectivity index (χ1n) is 4.50. The summed E-state index contributed by atoms with van der Waals surface area (Å²) in [5, 5.41) is 0. The van der Waals surface area contributed by atoms with Crippen LogP contribution < -0.4 is 0 Å². The molecule has 12 heavy (non-hydrogen) atoms. The number of nitrogens with zero attached hydrogens (tertiary/aromatic N) is 1. The van der Waals surface area contributed by atoms with Gasteiger partial charge in [0.15, 0.2) is 0 Å². The van der Waals surface area contributed by atoms with Crippen LogP contribution in [0.3, 0.4) is 0 Å². The second-order valence-electron chi connectivity index (χ2n) is 3.29. The Kier molecular flexibility index (Phi) is 1.94. The van der Waals surface area contributed by atoms with Crippen molar-refractivity contribution in [2.45, 2.75) is 25.7 Å². The molecular weight excluding hydrogens is 146 g/mol. The number of hydrogen-bond acceptors (Lipinski definition) is 1. The SMILES string of the molecule is C=Cc1cc2c(cn1)CCCC2. The first kappa shape index (κ1) is 7.53. The molecule has 0 bridgehead atoms. The minimum absolute atomic E-state index is 1.01. The highest BCUT2D eigenvalue weighted by Crippen LogP contribution is 2.20. The molecule has 0 radical (unpaired) electrons. The van der Waals surface area contributed by atoms with Crippen molar-refractivity contribution >= 4 is 6.08 Å². The van der Waals surface area contributed by atoms with Gasteiger partial charge in [0.05, 0.1) is 5.69 Å². The van der Waals surface area contributed by atoms with Crippen LogP contribution in [-0.4, -0.2) is 4.98 Å². The predicted molar refractivity (Wildman–Crippen MR) is 51.0 cm³/mol. The predicted octanol–water partition coefficient (Wildman–Crippen LogP) is 2.60. The van der Waals surface area contributed by atoms with Crippen molar-refractivity contribution in [2.75, 3.05) is 0 Å². The fraction of sp³-hybridized carbons (Fsp3) is 0.364. The van der Waals surface area contributed by atoms with Crippen LogP contribution in [0.1, 0.15) is 29.7 Å². The summed E-state index contributed by atoms with van der Waals surface area (Å²) in [7, 11) is 0. The molecule has 0 N–H and O–H groups in total. The van der Waals surface area contributed by atoms with Crippen LogP contribution in [0, 0.1) is 0 Å². The van der Waals surface area contributed by atoms with Crippen molar-refractivity contribution in [3.63, 3.8) is 0 Å². The van der Waals surface area contributed by atoms with E-state index in [1.165, 1.54) is 36.8 Å². The zero-order valence-corrected chi connectivity index (χ0v) is 7.21. The van der Waals surface area contributed by atoms with Gasteiger partial charge in [0, 0.05) is 6.20 Å². The van der Waals surface area contributed by atoms with Crippen LogP contribution in [0.5, 0.6) is 0 Å². The molecule has 0 saturated heterocycles. The van der Waals surface area contributed by atoms with Gasteiger partial charge in [-0.05, 0) is 49.0 Å². The van der Waals surface area contributed by atoms with Gasteiger partial charge in [0.1, 0.15) is 0 Å². The van der Waals surface area contributed by atoms with Crippen molar-refractivity contribution in [1.82, 2.24) is 4.98 Å². The minimum Gasteiger partial charge on any atom is -0.257 e. The Morgan fingerprint density at radius 3 is 2.75 bits per heavy atom. The number of pyridine rings is 1. The Morgan fingerprint density at radius 1 is 1.25 bits per heavy atom. The van der Waals surface area contributed by atoms with Crippen LogP contribution in [0.25, 0.3) is 6.08 Å². The third-order valence-corrected chi connectivity index (χ3v) is 2.46. The number of rotatable bonds is 1. The van der Waals surface area contributed by atoms with Gasteiger partial charge in [-0.2, -0.15) is 0 Å². The molecule has 1 heteroatoms. The Balaban J connectivity index is 2.42. The van der Waals surface area contributed by atoms with Crippen LogP contribution in [0.15, 0.2) is 18.8 Å². The van der Waals surface area contributed by atoms with Gasteiger partial charge in [-0.25, -0.2) is 0 Å². The third kappa shape index (κ3) is 1.27. The second kappa shape index (κ2) is 3.10. The van der Waals surface area contributed by atoms with E-state index >= 15 is 0 Å². The highest BCUT2D eigenvalue weighted by Gasteiger charge is 2.08. The van der Waals surface area contributed by atoms with Crippen molar-refractivity contribution in [3.05, 3.63) is 35.7 Å². The Labute approximate surface area is 73.1 Å². The minimum atomic E-state index is 1.01. The maximum atomic E-state index is 4.29. The van der Waals surface area contributed by atoms with E-state index in [0.717, 1.165) is 5.69 Å². The highest BCUT2D eigenvalue weighted by atomic mass is 14.7. The van der Waals surface area contributed by atoms with Crippen molar-refractivity contribution < 1.29 is 0 Å². The normalized spacial score (nSPS) is 15.3. The lowest BCUT2D eigenvalue weighted by Crippen LogP contribution is -2.03. The van der Waals surface area contributed by atoms with Gasteiger partial charge in [-0.1, -0.05) is 6.58 Å². The molecule has 62 valence electrons. The molecule has 0 aromatic carbocycles. The van der Waals surface area contributed by atoms with E-state index in [-0.39, 0.29) is 0 Å². The average Bonchev–Trinajstić information content (AvgIpc) is 2.17. The van der Waals surface area contributed by atoms with Gasteiger partial charge in [0.2, 0.25) is 0 Å². The molecule has 0 aliphatic heterocycles. The summed E-state index contributed by atoms with van der Waals surface area (Å²) in [6.45, 7) is 3.72. The van der Waals surface area contributed by atoms with E-state index < -0.39 is 0 Å². The van der Waals surface area contributed by atoms with Crippen LogP contribution in [0.4, 0.5) is 0 Å². The highest BCUT2D eigenvalue weighted by molar-refractivity contribution is 5.44. The van der Waals surface area contributed by atoms with Gasteiger partial charge in [-0.3, -0.25) is 4.98 Å². The summed E-state index contributed by atoms with van der Waals surface area (Å²) in [4.78, 5) is 4.29. The molecule has 0 unspecified atom stereocenters. The Hall–Kier alpha value is -1.11. The summed E-state index contributed by atoms with van der Waals surface area (Å²) in [6.07, 6.45) is 8.90. The molecule has 0 atom stereocenters. The molecule has 1 aliphatic carbocycles. The van der Waals surface area contributed by atoms with Crippen molar-refractivity contribution in [2.24, 2.45) is 0 Å². The molecular formula is C11H13N. The lowest BCUT2D eigenvalue weighted by molar-refractivity contribution is 0.681. The fourth-order valence-electron chi connectivity index (χ4n) is 1.74. The van der Waals surface area contributed by atoms with Gasteiger partial charge >= 0.3 is 0 Å². The first-order valence-corrected chi connectivity index (χ1v) is 4.50. The maximum Gasteiger partial charge on any atom is 0.0626 e. The zero-order valence-electron chi connectivity index (χ0n) is 7.21. The summed E-state index contributed by atoms with van der Waals surface area (Å²) in [6, 6.07) is 2.17. The standard InChI is InChI=1S/C11H13N/c1-2-11-7-9-5-3-4-6-10(9)8-12-11/h2,7-8H,1,3-6H2. The Morgan fingerprint density at radius 2 is 2.00 bits per heavy atom. The number of aryl methyl sites for hydroxylation is 2. The van der Waals surface area contributed by atoms with E-state index in [1.54, 1.807) is 0 Å². The van der Waals surface area contributed by atoms with Gasteiger partial charge < -0.3 is 0 Å². The van der Waals surface area contributed by atoms with E-state index in [9.17, 15) is 0 Å². The average molecular weight is 159 g/mol.